The average molecular weight is 311 g/mol. The molecule has 0 aliphatic carbocycles. The lowest BCUT2D eigenvalue weighted by Gasteiger charge is -2.11. The highest BCUT2D eigenvalue weighted by atomic mass is 35.5. The molecule has 2 aromatic rings. The van der Waals surface area contributed by atoms with Crippen molar-refractivity contribution in [1.29, 1.82) is 0 Å². The molecule has 0 amide bonds. The zero-order valence-electron chi connectivity index (χ0n) is 9.93. The van der Waals surface area contributed by atoms with E-state index < -0.39 is 11.9 Å². The largest absolute Gasteiger partial charge is 0.478 e. The van der Waals surface area contributed by atoms with Crippen molar-refractivity contribution < 1.29 is 19.8 Å². The van der Waals surface area contributed by atoms with Crippen molar-refractivity contribution >= 4 is 35.1 Å². The Morgan fingerprint density at radius 2 is 1.45 bits per heavy atom. The zero-order chi connectivity index (χ0) is 14.9. The predicted octanol–water partition coefficient (Wildman–Crippen LogP) is 4.06. The molecule has 0 atom stereocenters. The number of rotatable bonds is 3. The molecular weight excluding hydrogens is 303 g/mol. The second kappa shape index (κ2) is 5.53. The number of halogens is 2. The van der Waals surface area contributed by atoms with E-state index in [9.17, 15) is 14.7 Å². The van der Waals surface area contributed by atoms with Crippen LogP contribution < -0.4 is 0 Å². The van der Waals surface area contributed by atoms with Gasteiger partial charge in [-0.2, -0.15) is 0 Å². The summed E-state index contributed by atoms with van der Waals surface area (Å²) in [5.41, 5.74) is -0.0280. The molecule has 2 aromatic carbocycles. The predicted molar refractivity (Wildman–Crippen MR) is 75.8 cm³/mol. The summed E-state index contributed by atoms with van der Waals surface area (Å²) < 4.78 is 0. The Labute approximate surface area is 124 Å². The summed E-state index contributed by atoms with van der Waals surface area (Å²) in [5.74, 6) is -2.66. The van der Waals surface area contributed by atoms with Gasteiger partial charge in [-0.25, -0.2) is 9.59 Å². The van der Waals surface area contributed by atoms with E-state index in [4.69, 9.17) is 28.3 Å². The number of carboxylic acids is 2. The Balaban J connectivity index is 2.81. The molecule has 6 heteroatoms. The third-order valence-corrected chi connectivity index (χ3v) is 3.57. The standard InChI is InChI=1S/C14H8Cl2O4/c15-10-6-2-4-8(12(10)16)7-3-1-5-9(13(17)18)11(7)14(19)20/h1-6H,(H,17,18)(H,19,20). The van der Waals surface area contributed by atoms with E-state index >= 15 is 0 Å². The summed E-state index contributed by atoms with van der Waals surface area (Å²) in [6, 6.07) is 8.95. The first-order chi connectivity index (χ1) is 9.43. The van der Waals surface area contributed by atoms with Crippen molar-refractivity contribution in [1.82, 2.24) is 0 Å². The summed E-state index contributed by atoms with van der Waals surface area (Å²) in [6.07, 6.45) is 0. The van der Waals surface area contributed by atoms with Crippen molar-refractivity contribution in [3.05, 3.63) is 57.6 Å². The van der Waals surface area contributed by atoms with E-state index in [0.29, 0.717) is 5.56 Å². The topological polar surface area (TPSA) is 74.6 Å². The monoisotopic (exact) mass is 310 g/mol. The van der Waals surface area contributed by atoms with Crippen molar-refractivity contribution in [3.8, 4) is 11.1 Å². The third-order valence-electron chi connectivity index (χ3n) is 2.75. The molecule has 2 rings (SSSR count). The third kappa shape index (κ3) is 2.48. The maximum absolute atomic E-state index is 11.4. The van der Waals surface area contributed by atoms with Crippen molar-refractivity contribution in [2.24, 2.45) is 0 Å². The molecule has 0 unspecified atom stereocenters. The molecule has 4 nitrogen and oxygen atoms in total. The number of hydrogen-bond acceptors (Lipinski definition) is 2. The number of carbonyl (C=O) groups is 2. The van der Waals surface area contributed by atoms with Crippen LogP contribution in [-0.2, 0) is 0 Å². The van der Waals surface area contributed by atoms with Gasteiger partial charge in [-0.1, -0.05) is 47.5 Å². The number of aromatic carboxylic acids is 2. The SMILES string of the molecule is O=C(O)c1cccc(-c2cccc(Cl)c2Cl)c1C(=O)O. The highest BCUT2D eigenvalue weighted by Gasteiger charge is 2.22. The van der Waals surface area contributed by atoms with E-state index in [0.717, 1.165) is 0 Å². The van der Waals surface area contributed by atoms with Gasteiger partial charge in [0, 0.05) is 5.56 Å². The van der Waals surface area contributed by atoms with Gasteiger partial charge < -0.3 is 10.2 Å². The minimum absolute atomic E-state index is 0.180. The fraction of sp³-hybridized carbons (Fsp3) is 0. The van der Waals surface area contributed by atoms with Crippen LogP contribution in [0.5, 0.6) is 0 Å². The van der Waals surface area contributed by atoms with Crippen LogP contribution in [0.1, 0.15) is 20.7 Å². The van der Waals surface area contributed by atoms with Crippen LogP contribution in [-0.4, -0.2) is 22.2 Å². The Morgan fingerprint density at radius 1 is 0.850 bits per heavy atom. The first-order valence-electron chi connectivity index (χ1n) is 5.47. The maximum atomic E-state index is 11.4. The van der Waals surface area contributed by atoms with Gasteiger partial charge in [0.2, 0.25) is 0 Å². The molecular formula is C14H8Cl2O4. The van der Waals surface area contributed by atoms with Gasteiger partial charge in [-0.05, 0) is 17.7 Å². The van der Waals surface area contributed by atoms with Gasteiger partial charge in [-0.3, -0.25) is 0 Å². The molecule has 20 heavy (non-hydrogen) atoms. The summed E-state index contributed by atoms with van der Waals surface area (Å²) >= 11 is 12.0. The van der Waals surface area contributed by atoms with Crippen molar-refractivity contribution in [2.75, 3.05) is 0 Å². The lowest BCUT2D eigenvalue weighted by atomic mass is 9.95. The van der Waals surface area contributed by atoms with Gasteiger partial charge in [0.1, 0.15) is 0 Å². The molecule has 0 bridgehead atoms. The summed E-state index contributed by atoms with van der Waals surface area (Å²) in [7, 11) is 0. The molecule has 102 valence electrons. The van der Waals surface area contributed by atoms with Gasteiger partial charge in [-0.15, -0.1) is 0 Å². The molecule has 0 spiro atoms. The lowest BCUT2D eigenvalue weighted by Crippen LogP contribution is -2.09. The van der Waals surface area contributed by atoms with Crippen LogP contribution in [0.25, 0.3) is 11.1 Å². The van der Waals surface area contributed by atoms with Crippen LogP contribution >= 0.6 is 23.2 Å². The molecule has 0 heterocycles. The fourth-order valence-corrected chi connectivity index (χ4v) is 2.30. The van der Waals surface area contributed by atoms with E-state index in [2.05, 4.69) is 0 Å². The van der Waals surface area contributed by atoms with E-state index in [1.165, 1.54) is 18.2 Å². The molecule has 0 saturated heterocycles. The number of carboxylic acid groups (broad SMARTS) is 2. The smallest absolute Gasteiger partial charge is 0.337 e. The molecule has 0 radical (unpaired) electrons. The molecule has 0 aromatic heterocycles. The normalized spacial score (nSPS) is 10.3. The summed E-state index contributed by atoms with van der Waals surface area (Å²) in [4.78, 5) is 22.5. The number of hydrogen-bond donors (Lipinski definition) is 2. The van der Waals surface area contributed by atoms with E-state index in [1.54, 1.807) is 18.2 Å². The first kappa shape index (κ1) is 14.4. The molecule has 0 aliphatic heterocycles. The first-order valence-corrected chi connectivity index (χ1v) is 6.23. The minimum atomic E-state index is -1.34. The molecule has 0 aliphatic rings. The number of benzene rings is 2. The van der Waals surface area contributed by atoms with E-state index in [1.807, 2.05) is 0 Å². The molecule has 0 saturated carbocycles. The van der Waals surface area contributed by atoms with Gasteiger partial charge in [0.25, 0.3) is 0 Å². The van der Waals surface area contributed by atoms with Crippen LogP contribution in [0.15, 0.2) is 36.4 Å². The molecule has 2 N–H and O–H groups in total. The van der Waals surface area contributed by atoms with Crippen LogP contribution in [0.4, 0.5) is 0 Å². The second-order valence-corrected chi connectivity index (χ2v) is 4.72. The van der Waals surface area contributed by atoms with E-state index in [-0.39, 0.29) is 26.7 Å². The van der Waals surface area contributed by atoms with Crippen molar-refractivity contribution in [3.63, 3.8) is 0 Å². The average Bonchev–Trinajstić information content (AvgIpc) is 2.40. The second-order valence-electron chi connectivity index (χ2n) is 3.94. The maximum Gasteiger partial charge on any atom is 0.337 e. The Hall–Kier alpha value is -2.04. The quantitative estimate of drug-likeness (QED) is 0.896. The van der Waals surface area contributed by atoms with Gasteiger partial charge >= 0.3 is 11.9 Å². The highest BCUT2D eigenvalue weighted by Crippen LogP contribution is 2.36. The van der Waals surface area contributed by atoms with Gasteiger partial charge in [0.15, 0.2) is 0 Å². The zero-order valence-corrected chi connectivity index (χ0v) is 11.4. The Kier molecular flexibility index (Phi) is 3.97. The van der Waals surface area contributed by atoms with Crippen LogP contribution in [0.3, 0.4) is 0 Å². The summed E-state index contributed by atoms with van der Waals surface area (Å²) in [6.45, 7) is 0. The Bertz CT molecular complexity index is 710. The minimum Gasteiger partial charge on any atom is -0.478 e. The lowest BCUT2D eigenvalue weighted by molar-refractivity contribution is 0.0652. The highest BCUT2D eigenvalue weighted by molar-refractivity contribution is 6.43. The van der Waals surface area contributed by atoms with Crippen LogP contribution in [0, 0.1) is 0 Å². The Morgan fingerprint density at radius 3 is 2.05 bits per heavy atom. The van der Waals surface area contributed by atoms with Crippen molar-refractivity contribution in [2.45, 2.75) is 0 Å². The fourth-order valence-electron chi connectivity index (χ4n) is 1.90. The summed E-state index contributed by atoms with van der Waals surface area (Å²) in [5, 5.41) is 18.8. The molecule has 0 fully saturated rings. The van der Waals surface area contributed by atoms with Gasteiger partial charge in [0.05, 0.1) is 21.2 Å². The van der Waals surface area contributed by atoms with Crippen LogP contribution in [0.2, 0.25) is 10.0 Å².